The van der Waals surface area contributed by atoms with E-state index < -0.39 is 0 Å². The maximum absolute atomic E-state index is 5.94. The van der Waals surface area contributed by atoms with Gasteiger partial charge in [-0.3, -0.25) is 0 Å². The second-order valence-electron chi connectivity index (χ2n) is 5.29. The Balaban J connectivity index is 2.66. The van der Waals surface area contributed by atoms with Gasteiger partial charge in [0, 0.05) is 35.1 Å². The number of fused-ring (bicyclic) bond motifs is 1. The maximum atomic E-state index is 5.94. The van der Waals surface area contributed by atoms with Crippen LogP contribution in [0.1, 0.15) is 38.1 Å². The van der Waals surface area contributed by atoms with Crippen LogP contribution in [0.5, 0.6) is 0 Å². The number of rotatable bonds is 3. The van der Waals surface area contributed by atoms with Crippen LogP contribution in [-0.2, 0) is 6.42 Å². The summed E-state index contributed by atoms with van der Waals surface area (Å²) in [4.78, 5) is 0. The summed E-state index contributed by atoms with van der Waals surface area (Å²) >= 11 is 0. The lowest BCUT2D eigenvalue weighted by Crippen LogP contribution is -2.20. The van der Waals surface area contributed by atoms with Gasteiger partial charge >= 0.3 is 0 Å². The van der Waals surface area contributed by atoms with Gasteiger partial charge in [-0.2, -0.15) is 0 Å². The molecule has 0 saturated carbocycles. The van der Waals surface area contributed by atoms with Crippen LogP contribution in [0.4, 0.5) is 0 Å². The van der Waals surface area contributed by atoms with Crippen molar-refractivity contribution in [3.8, 4) is 0 Å². The van der Waals surface area contributed by atoms with Crippen LogP contribution in [0.3, 0.4) is 0 Å². The predicted molar refractivity (Wildman–Crippen MR) is 74.4 cm³/mol. The van der Waals surface area contributed by atoms with E-state index in [1.165, 1.54) is 22.2 Å². The molecule has 2 heteroatoms. The van der Waals surface area contributed by atoms with Gasteiger partial charge in [0.05, 0.1) is 0 Å². The van der Waals surface area contributed by atoms with Crippen molar-refractivity contribution in [2.75, 3.05) is 0 Å². The molecule has 1 aromatic heterocycles. The van der Waals surface area contributed by atoms with E-state index in [-0.39, 0.29) is 6.04 Å². The van der Waals surface area contributed by atoms with Gasteiger partial charge in [-0.25, -0.2) is 0 Å². The Morgan fingerprint density at radius 3 is 2.53 bits per heavy atom. The fourth-order valence-corrected chi connectivity index (χ4v) is 2.55. The van der Waals surface area contributed by atoms with Gasteiger partial charge in [-0.1, -0.05) is 12.1 Å². The highest BCUT2D eigenvalue weighted by Crippen LogP contribution is 2.27. The first-order valence-electron chi connectivity index (χ1n) is 6.35. The molecule has 0 spiro atoms. The Kier molecular flexibility index (Phi) is 3.25. The second kappa shape index (κ2) is 4.53. The molecule has 2 aromatic rings. The van der Waals surface area contributed by atoms with Gasteiger partial charge in [-0.05, 0) is 45.4 Å². The summed E-state index contributed by atoms with van der Waals surface area (Å²) in [6.07, 6.45) is 0.937. The molecule has 2 nitrogen and oxygen atoms in total. The molecule has 0 aliphatic carbocycles. The Morgan fingerprint density at radius 2 is 1.94 bits per heavy atom. The fourth-order valence-electron chi connectivity index (χ4n) is 2.55. The summed E-state index contributed by atoms with van der Waals surface area (Å²) in [6, 6.07) is 9.48. The minimum absolute atomic E-state index is 0.206. The van der Waals surface area contributed by atoms with Crippen molar-refractivity contribution in [1.82, 2.24) is 4.57 Å². The Morgan fingerprint density at radius 1 is 1.24 bits per heavy atom. The lowest BCUT2D eigenvalue weighted by atomic mass is 10.1. The molecule has 1 unspecified atom stereocenters. The SMILES string of the molecule is Cc1cccc2c1cc(CC(C)N)n2C(C)C. The monoisotopic (exact) mass is 230 g/mol. The van der Waals surface area contributed by atoms with Crippen molar-refractivity contribution in [2.24, 2.45) is 5.73 Å². The van der Waals surface area contributed by atoms with Gasteiger partial charge in [-0.15, -0.1) is 0 Å². The Labute approximate surface area is 103 Å². The van der Waals surface area contributed by atoms with Crippen molar-refractivity contribution in [3.05, 3.63) is 35.5 Å². The molecule has 1 atom stereocenters. The zero-order valence-corrected chi connectivity index (χ0v) is 11.2. The average Bonchev–Trinajstić information content (AvgIpc) is 2.56. The summed E-state index contributed by atoms with van der Waals surface area (Å²) in [6.45, 7) is 8.69. The summed E-state index contributed by atoms with van der Waals surface area (Å²) in [5.41, 5.74) is 9.96. The van der Waals surface area contributed by atoms with Gasteiger partial charge in [0.15, 0.2) is 0 Å². The third-order valence-corrected chi connectivity index (χ3v) is 3.23. The molecule has 1 aromatic carbocycles. The van der Waals surface area contributed by atoms with Crippen molar-refractivity contribution < 1.29 is 0 Å². The first-order chi connectivity index (χ1) is 8.00. The summed E-state index contributed by atoms with van der Waals surface area (Å²) in [5, 5.41) is 1.36. The number of nitrogens with zero attached hydrogens (tertiary/aromatic N) is 1. The van der Waals surface area contributed by atoms with Gasteiger partial charge in [0.1, 0.15) is 0 Å². The Bertz CT molecular complexity index is 521. The van der Waals surface area contributed by atoms with E-state index in [2.05, 4.69) is 56.5 Å². The number of aryl methyl sites for hydroxylation is 1. The minimum Gasteiger partial charge on any atom is -0.342 e. The normalized spacial score (nSPS) is 13.5. The van der Waals surface area contributed by atoms with Crippen LogP contribution >= 0.6 is 0 Å². The third kappa shape index (κ3) is 2.22. The van der Waals surface area contributed by atoms with Crippen LogP contribution in [0.25, 0.3) is 10.9 Å². The van der Waals surface area contributed by atoms with Crippen molar-refractivity contribution in [1.29, 1.82) is 0 Å². The standard InChI is InChI=1S/C15H22N2/c1-10(2)17-13(8-12(4)16)9-14-11(3)6-5-7-15(14)17/h5-7,9-10,12H,8,16H2,1-4H3. The average molecular weight is 230 g/mol. The molecule has 2 N–H and O–H groups in total. The molecule has 0 fully saturated rings. The van der Waals surface area contributed by atoms with Gasteiger partial charge in [0.25, 0.3) is 0 Å². The first kappa shape index (κ1) is 12.2. The molecular formula is C15H22N2. The predicted octanol–water partition coefficient (Wildman–Crippen LogP) is 3.42. The number of hydrogen-bond acceptors (Lipinski definition) is 1. The third-order valence-electron chi connectivity index (χ3n) is 3.23. The zero-order valence-electron chi connectivity index (χ0n) is 11.2. The fraction of sp³-hybridized carbons (Fsp3) is 0.467. The van der Waals surface area contributed by atoms with Crippen molar-refractivity contribution in [2.45, 2.75) is 46.2 Å². The molecule has 1 heterocycles. The maximum Gasteiger partial charge on any atom is 0.0487 e. The number of benzene rings is 1. The van der Waals surface area contributed by atoms with Crippen molar-refractivity contribution >= 4 is 10.9 Å². The molecule has 0 saturated heterocycles. The van der Waals surface area contributed by atoms with Gasteiger partial charge in [0.2, 0.25) is 0 Å². The molecule has 0 radical (unpaired) electrons. The highest BCUT2D eigenvalue weighted by atomic mass is 15.0. The van der Waals surface area contributed by atoms with E-state index in [0.717, 1.165) is 6.42 Å². The molecule has 17 heavy (non-hydrogen) atoms. The molecule has 0 amide bonds. The van der Waals surface area contributed by atoms with Crippen LogP contribution in [-0.4, -0.2) is 10.6 Å². The molecule has 2 rings (SSSR count). The minimum atomic E-state index is 0.206. The summed E-state index contributed by atoms with van der Waals surface area (Å²) < 4.78 is 2.41. The highest BCUT2D eigenvalue weighted by Gasteiger charge is 2.13. The summed E-state index contributed by atoms with van der Waals surface area (Å²) in [7, 11) is 0. The van der Waals surface area contributed by atoms with E-state index >= 15 is 0 Å². The topological polar surface area (TPSA) is 30.9 Å². The molecule has 0 aliphatic heterocycles. The molecule has 0 bridgehead atoms. The van der Waals surface area contributed by atoms with Crippen LogP contribution in [0.15, 0.2) is 24.3 Å². The smallest absolute Gasteiger partial charge is 0.0487 e. The van der Waals surface area contributed by atoms with Crippen LogP contribution in [0.2, 0.25) is 0 Å². The Hall–Kier alpha value is -1.28. The van der Waals surface area contributed by atoms with Crippen molar-refractivity contribution in [3.63, 3.8) is 0 Å². The molecule has 0 aliphatic rings. The lowest BCUT2D eigenvalue weighted by Gasteiger charge is -2.16. The van der Waals surface area contributed by atoms with Gasteiger partial charge < -0.3 is 10.3 Å². The van der Waals surface area contributed by atoms with E-state index in [1.54, 1.807) is 0 Å². The van der Waals surface area contributed by atoms with Crippen LogP contribution in [0, 0.1) is 6.92 Å². The largest absolute Gasteiger partial charge is 0.342 e. The quantitative estimate of drug-likeness (QED) is 0.860. The number of nitrogens with two attached hydrogens (primary N) is 1. The van der Waals surface area contributed by atoms with E-state index in [4.69, 9.17) is 5.73 Å². The molecular weight excluding hydrogens is 208 g/mol. The number of aromatic nitrogens is 1. The lowest BCUT2D eigenvalue weighted by molar-refractivity contribution is 0.576. The number of hydrogen-bond donors (Lipinski definition) is 1. The highest BCUT2D eigenvalue weighted by molar-refractivity contribution is 5.84. The van der Waals surface area contributed by atoms with E-state index in [0.29, 0.717) is 6.04 Å². The first-order valence-corrected chi connectivity index (χ1v) is 6.35. The van der Waals surface area contributed by atoms with E-state index in [9.17, 15) is 0 Å². The zero-order chi connectivity index (χ0) is 12.6. The van der Waals surface area contributed by atoms with Crippen LogP contribution < -0.4 is 5.73 Å². The summed E-state index contributed by atoms with van der Waals surface area (Å²) in [5.74, 6) is 0. The second-order valence-corrected chi connectivity index (χ2v) is 5.29. The molecule has 92 valence electrons. The van der Waals surface area contributed by atoms with E-state index in [1.807, 2.05) is 0 Å².